The molecule has 0 heterocycles. The lowest BCUT2D eigenvalue weighted by atomic mass is 9.99. The molecule has 1 atom stereocenters. The topological polar surface area (TPSA) is 0 Å². The van der Waals surface area contributed by atoms with Crippen molar-refractivity contribution in [1.82, 2.24) is 0 Å². The minimum absolute atomic E-state index is 0.601. The summed E-state index contributed by atoms with van der Waals surface area (Å²) in [6, 6.07) is 10.6. The maximum absolute atomic E-state index is 3.56. The summed E-state index contributed by atoms with van der Waals surface area (Å²) in [4.78, 5) is 0. The van der Waals surface area contributed by atoms with Crippen molar-refractivity contribution in [2.45, 2.75) is 102 Å². The van der Waals surface area contributed by atoms with Crippen molar-refractivity contribution in [2.75, 3.05) is 0 Å². The van der Waals surface area contributed by atoms with Crippen LogP contribution in [0.15, 0.2) is 66.3 Å². The van der Waals surface area contributed by atoms with Gasteiger partial charge in [-0.1, -0.05) is 127 Å². The first-order valence-electron chi connectivity index (χ1n) is 11.3. The molecule has 0 aliphatic heterocycles. The molecule has 0 N–H and O–H groups in total. The summed E-state index contributed by atoms with van der Waals surface area (Å²) < 4.78 is 0. The molecular formula is C28H52. The van der Waals surface area contributed by atoms with Gasteiger partial charge in [-0.25, -0.2) is 0 Å². The largest absolute Gasteiger partial charge is 0.100 e. The fraction of sp³-hybridized carbons (Fsp3) is 0.571. The number of benzene rings is 1. The predicted octanol–water partition coefficient (Wildman–Crippen LogP) is 10.2. The zero-order valence-corrected chi connectivity index (χ0v) is 21.2. The van der Waals surface area contributed by atoms with E-state index < -0.39 is 0 Å². The summed E-state index contributed by atoms with van der Waals surface area (Å²) in [6.45, 7) is 26.4. The van der Waals surface area contributed by atoms with Gasteiger partial charge in [-0.15, -0.1) is 6.58 Å². The number of allylic oxidation sites excluding steroid dienone is 5. The first-order valence-corrected chi connectivity index (χ1v) is 11.3. The normalized spacial score (nSPS) is 10.6. The summed E-state index contributed by atoms with van der Waals surface area (Å²) in [7, 11) is 0. The van der Waals surface area contributed by atoms with Gasteiger partial charge in [-0.3, -0.25) is 0 Å². The number of hydrogen-bond acceptors (Lipinski definition) is 0. The highest BCUT2D eigenvalue weighted by Crippen LogP contribution is 2.11. The zero-order chi connectivity index (χ0) is 22.8. The Labute approximate surface area is 179 Å². The molecule has 1 unspecified atom stereocenters. The number of unbranched alkanes of at least 4 members (excludes halogenated alkanes) is 2. The first-order chi connectivity index (χ1) is 13.4. The fourth-order valence-corrected chi connectivity index (χ4v) is 2.17. The van der Waals surface area contributed by atoms with Gasteiger partial charge in [0.1, 0.15) is 0 Å². The Bertz CT molecular complexity index is 442. The van der Waals surface area contributed by atoms with E-state index in [9.17, 15) is 0 Å². The lowest BCUT2D eigenvalue weighted by Crippen LogP contribution is -1.96. The van der Waals surface area contributed by atoms with Gasteiger partial charge in [0.15, 0.2) is 0 Å². The quantitative estimate of drug-likeness (QED) is 0.336. The number of rotatable bonds is 6. The Balaban J connectivity index is -0.000000184. The summed E-state index contributed by atoms with van der Waals surface area (Å²) in [6.07, 6.45) is 11.8. The van der Waals surface area contributed by atoms with E-state index in [0.717, 1.165) is 6.42 Å². The van der Waals surface area contributed by atoms with Crippen molar-refractivity contribution in [3.8, 4) is 0 Å². The van der Waals surface area contributed by atoms with Gasteiger partial charge in [0.2, 0.25) is 0 Å². The van der Waals surface area contributed by atoms with Gasteiger partial charge in [0, 0.05) is 0 Å². The van der Waals surface area contributed by atoms with Crippen LogP contribution in [0.5, 0.6) is 0 Å². The van der Waals surface area contributed by atoms with Gasteiger partial charge in [-0.05, 0) is 45.6 Å². The van der Waals surface area contributed by atoms with Crippen LogP contribution in [0.4, 0.5) is 0 Å². The van der Waals surface area contributed by atoms with E-state index in [4.69, 9.17) is 0 Å². The average Bonchev–Trinajstić information content (AvgIpc) is 2.66. The molecular weight excluding hydrogens is 336 g/mol. The monoisotopic (exact) mass is 388 g/mol. The molecule has 0 saturated heterocycles. The molecule has 0 radical (unpaired) electrons. The zero-order valence-electron chi connectivity index (χ0n) is 21.2. The lowest BCUT2D eigenvalue weighted by molar-refractivity contribution is 0.719. The maximum Gasteiger partial charge on any atom is -0.0216 e. The molecule has 0 aromatic heterocycles. The third-order valence-electron chi connectivity index (χ3n) is 3.08. The van der Waals surface area contributed by atoms with Gasteiger partial charge in [-0.2, -0.15) is 0 Å². The Morgan fingerprint density at radius 3 is 1.68 bits per heavy atom. The molecule has 0 saturated carbocycles. The van der Waals surface area contributed by atoms with Crippen LogP contribution >= 0.6 is 0 Å². The van der Waals surface area contributed by atoms with Crippen LogP contribution in [0.1, 0.15) is 101 Å². The molecule has 1 rings (SSSR count). The van der Waals surface area contributed by atoms with Crippen LogP contribution in [0.3, 0.4) is 0 Å². The summed E-state index contributed by atoms with van der Waals surface area (Å²) >= 11 is 0. The molecule has 0 aliphatic rings. The molecule has 164 valence electrons. The standard InChI is InChI=1S/C15H20.C5H12.C4H8.2C2H6/c1-4-8-13(2)11-14(3)12-15-9-6-5-7-10-15;1-3-5-4-2;1-4(2)3;2*1-2/h4-11,14H,12H2,1-3H3;3-5H2,1-2H3;1H2,2-3H3;2*1-2H3/b8-4+,13-11-;;;;. The predicted molar refractivity (Wildman–Crippen MR) is 136 cm³/mol. The van der Waals surface area contributed by atoms with Crippen molar-refractivity contribution >= 4 is 0 Å². The van der Waals surface area contributed by atoms with Crippen LogP contribution in [-0.2, 0) is 6.42 Å². The Morgan fingerprint density at radius 1 is 0.929 bits per heavy atom. The van der Waals surface area contributed by atoms with E-state index in [1.165, 1.54) is 36.0 Å². The second-order valence-corrected chi connectivity index (χ2v) is 6.64. The van der Waals surface area contributed by atoms with Crippen LogP contribution in [0.2, 0.25) is 0 Å². The van der Waals surface area contributed by atoms with E-state index in [-0.39, 0.29) is 0 Å². The molecule has 1 aromatic rings. The Morgan fingerprint density at radius 2 is 1.36 bits per heavy atom. The van der Waals surface area contributed by atoms with Crippen LogP contribution in [0.25, 0.3) is 0 Å². The highest BCUT2D eigenvalue weighted by molar-refractivity contribution is 5.20. The van der Waals surface area contributed by atoms with E-state index in [0.29, 0.717) is 5.92 Å². The average molecular weight is 389 g/mol. The second kappa shape index (κ2) is 30.2. The van der Waals surface area contributed by atoms with Gasteiger partial charge < -0.3 is 0 Å². The fourth-order valence-electron chi connectivity index (χ4n) is 2.17. The van der Waals surface area contributed by atoms with Crippen LogP contribution in [-0.4, -0.2) is 0 Å². The molecule has 0 spiro atoms. The third-order valence-corrected chi connectivity index (χ3v) is 3.08. The molecule has 0 aliphatic carbocycles. The molecule has 0 bridgehead atoms. The molecule has 0 fully saturated rings. The van der Waals surface area contributed by atoms with Crippen molar-refractivity contribution in [3.63, 3.8) is 0 Å². The molecule has 28 heavy (non-hydrogen) atoms. The second-order valence-electron chi connectivity index (χ2n) is 6.64. The van der Waals surface area contributed by atoms with E-state index >= 15 is 0 Å². The molecule has 1 aromatic carbocycles. The highest BCUT2D eigenvalue weighted by atomic mass is 14.0. The number of hydrogen-bond donors (Lipinski definition) is 0. The maximum atomic E-state index is 3.56. The molecule has 0 nitrogen and oxygen atoms in total. The summed E-state index contributed by atoms with van der Waals surface area (Å²) in [5.41, 5.74) is 3.93. The van der Waals surface area contributed by atoms with Crippen molar-refractivity contribution < 1.29 is 0 Å². The van der Waals surface area contributed by atoms with Gasteiger partial charge >= 0.3 is 0 Å². The van der Waals surface area contributed by atoms with Gasteiger partial charge in [0.05, 0.1) is 0 Å². The molecule has 0 heteroatoms. The van der Waals surface area contributed by atoms with Crippen molar-refractivity contribution in [1.29, 1.82) is 0 Å². The van der Waals surface area contributed by atoms with Crippen molar-refractivity contribution in [3.05, 3.63) is 71.8 Å². The third kappa shape index (κ3) is 35.5. The molecule has 0 amide bonds. The smallest absolute Gasteiger partial charge is 0.0216 e. The summed E-state index contributed by atoms with van der Waals surface area (Å²) in [5.74, 6) is 0.601. The Kier molecular flexibility index (Phi) is 36.6. The Hall–Kier alpha value is -1.56. The minimum Gasteiger partial charge on any atom is -0.100 e. The van der Waals surface area contributed by atoms with Crippen molar-refractivity contribution in [2.24, 2.45) is 5.92 Å². The van der Waals surface area contributed by atoms with Gasteiger partial charge in [0.25, 0.3) is 0 Å². The lowest BCUT2D eigenvalue weighted by Gasteiger charge is -2.07. The summed E-state index contributed by atoms with van der Waals surface area (Å²) in [5, 5.41) is 0. The highest BCUT2D eigenvalue weighted by Gasteiger charge is 1.99. The SMILES string of the molecule is C/C=C/C(C)=C\C(C)Cc1ccccc1.C=C(C)C.CC.CC.CCCCC. The van der Waals surface area contributed by atoms with Crippen LogP contribution < -0.4 is 0 Å². The van der Waals surface area contributed by atoms with E-state index in [2.05, 4.69) is 89.8 Å². The van der Waals surface area contributed by atoms with Crippen LogP contribution in [0, 0.1) is 5.92 Å². The van der Waals surface area contributed by atoms with E-state index in [1.54, 1.807) is 0 Å². The van der Waals surface area contributed by atoms with E-state index in [1.807, 2.05) is 41.5 Å². The first kappa shape index (κ1) is 34.0. The minimum atomic E-state index is 0.601.